The third kappa shape index (κ3) is 2.96. The van der Waals surface area contributed by atoms with E-state index < -0.39 is 5.97 Å². The highest BCUT2D eigenvalue weighted by Gasteiger charge is 2.15. The molecule has 5 nitrogen and oxygen atoms in total. The first-order chi connectivity index (χ1) is 8.70. The molecule has 0 saturated heterocycles. The maximum absolute atomic E-state index is 11.8. The number of rotatable bonds is 3. The van der Waals surface area contributed by atoms with Gasteiger partial charge < -0.3 is 4.74 Å². The van der Waals surface area contributed by atoms with E-state index in [1.54, 1.807) is 18.3 Å². The van der Waals surface area contributed by atoms with Gasteiger partial charge in [0.15, 0.2) is 5.16 Å². The molecule has 0 atom stereocenters. The van der Waals surface area contributed by atoms with Crippen molar-refractivity contribution < 1.29 is 9.53 Å². The molecule has 2 heterocycles. The number of carbonyl (C=O) groups is 1. The number of hydrogen-bond acceptors (Lipinski definition) is 6. The Labute approximate surface area is 113 Å². The van der Waals surface area contributed by atoms with E-state index in [1.807, 2.05) is 6.26 Å². The minimum absolute atomic E-state index is 0.0724. The average Bonchev–Trinajstić information content (AvgIpc) is 2.39. The van der Waals surface area contributed by atoms with Crippen molar-refractivity contribution in [2.75, 3.05) is 6.26 Å². The van der Waals surface area contributed by atoms with Gasteiger partial charge in [0.05, 0.1) is 6.20 Å². The van der Waals surface area contributed by atoms with Crippen LogP contribution in [-0.2, 0) is 0 Å². The van der Waals surface area contributed by atoms with Gasteiger partial charge in [0, 0.05) is 12.4 Å². The Morgan fingerprint density at radius 3 is 2.89 bits per heavy atom. The minimum Gasteiger partial charge on any atom is -0.421 e. The lowest BCUT2D eigenvalue weighted by atomic mass is 10.3. The Balaban J connectivity index is 2.19. The van der Waals surface area contributed by atoms with Crippen molar-refractivity contribution in [3.05, 3.63) is 41.4 Å². The number of hydrogen-bond donors (Lipinski definition) is 0. The molecule has 0 bridgehead atoms. The lowest BCUT2D eigenvalue weighted by Crippen LogP contribution is -2.11. The molecule has 0 aromatic carbocycles. The Morgan fingerprint density at radius 1 is 1.44 bits per heavy atom. The van der Waals surface area contributed by atoms with Crippen LogP contribution in [0.2, 0.25) is 5.15 Å². The summed E-state index contributed by atoms with van der Waals surface area (Å²) in [5.74, 6) is -0.270. The highest BCUT2D eigenvalue weighted by molar-refractivity contribution is 7.98. The number of carbonyl (C=O) groups excluding carboxylic acids is 1. The van der Waals surface area contributed by atoms with Crippen molar-refractivity contribution in [3.8, 4) is 5.75 Å². The molecular weight excluding hydrogens is 274 g/mol. The molecule has 0 unspecified atom stereocenters. The summed E-state index contributed by atoms with van der Waals surface area (Å²) in [4.78, 5) is 23.6. The second-order valence-electron chi connectivity index (χ2n) is 3.14. The molecule has 2 aromatic rings. The number of aromatic nitrogens is 3. The number of ether oxygens (including phenoxy) is 1. The predicted molar refractivity (Wildman–Crippen MR) is 68.0 cm³/mol. The lowest BCUT2D eigenvalue weighted by molar-refractivity contribution is 0.0733. The zero-order chi connectivity index (χ0) is 13.0. The van der Waals surface area contributed by atoms with Gasteiger partial charge in [-0.1, -0.05) is 23.4 Å². The molecule has 7 heteroatoms. The highest BCUT2D eigenvalue weighted by Crippen LogP contribution is 2.18. The van der Waals surface area contributed by atoms with Crippen LogP contribution < -0.4 is 4.74 Å². The maximum Gasteiger partial charge on any atom is 0.348 e. The van der Waals surface area contributed by atoms with Crippen molar-refractivity contribution in [3.63, 3.8) is 0 Å². The van der Waals surface area contributed by atoms with Crippen LogP contribution in [0.1, 0.15) is 10.4 Å². The zero-order valence-corrected chi connectivity index (χ0v) is 10.9. The Hall–Kier alpha value is -1.66. The number of thioether (sulfide) groups is 1. The number of halogens is 1. The molecule has 0 fully saturated rings. The zero-order valence-electron chi connectivity index (χ0n) is 9.33. The van der Waals surface area contributed by atoms with Gasteiger partial charge in [0.25, 0.3) is 0 Å². The maximum atomic E-state index is 11.8. The van der Waals surface area contributed by atoms with E-state index in [2.05, 4.69) is 15.0 Å². The first kappa shape index (κ1) is 12.8. The van der Waals surface area contributed by atoms with Crippen LogP contribution in [0.5, 0.6) is 5.75 Å². The van der Waals surface area contributed by atoms with E-state index >= 15 is 0 Å². The van der Waals surface area contributed by atoms with Gasteiger partial charge in [-0.15, -0.1) is 0 Å². The molecule has 18 heavy (non-hydrogen) atoms. The van der Waals surface area contributed by atoms with Gasteiger partial charge >= 0.3 is 5.97 Å². The summed E-state index contributed by atoms with van der Waals surface area (Å²) in [6.45, 7) is 0. The number of nitrogens with zero attached hydrogens (tertiary/aromatic N) is 3. The summed E-state index contributed by atoms with van der Waals surface area (Å²) in [6, 6.07) is 3.29. The summed E-state index contributed by atoms with van der Waals surface area (Å²) in [7, 11) is 0. The quantitative estimate of drug-likeness (QED) is 0.373. The third-order valence-electron chi connectivity index (χ3n) is 1.97. The molecule has 92 valence electrons. The van der Waals surface area contributed by atoms with Crippen LogP contribution in [0.3, 0.4) is 0 Å². The van der Waals surface area contributed by atoms with Crippen molar-refractivity contribution >= 4 is 29.3 Å². The molecule has 2 aromatic heterocycles. The van der Waals surface area contributed by atoms with Gasteiger partial charge in [-0.3, -0.25) is 4.98 Å². The first-order valence-corrected chi connectivity index (χ1v) is 6.49. The Morgan fingerprint density at radius 2 is 2.28 bits per heavy atom. The Bertz CT molecular complexity index is 565. The van der Waals surface area contributed by atoms with Gasteiger partial charge in [-0.05, 0) is 18.4 Å². The van der Waals surface area contributed by atoms with Crippen molar-refractivity contribution in [1.82, 2.24) is 15.0 Å². The molecule has 0 amide bonds. The fourth-order valence-electron chi connectivity index (χ4n) is 1.15. The summed E-state index contributed by atoms with van der Waals surface area (Å²) < 4.78 is 5.08. The normalized spacial score (nSPS) is 10.1. The van der Waals surface area contributed by atoms with E-state index in [0.717, 1.165) is 0 Å². The Kier molecular flexibility index (Phi) is 4.11. The standard InChI is InChI=1S/C11H8ClN3O2S/c1-18-11-14-6-8(9(12)15-11)10(16)17-7-3-2-4-13-5-7/h2-6H,1H3. The fourth-order valence-corrected chi connectivity index (χ4v) is 1.75. The molecule has 2 rings (SSSR count). The van der Waals surface area contributed by atoms with Crippen LogP contribution >= 0.6 is 23.4 Å². The monoisotopic (exact) mass is 281 g/mol. The third-order valence-corrected chi connectivity index (χ3v) is 2.82. The fraction of sp³-hybridized carbons (Fsp3) is 0.0909. The van der Waals surface area contributed by atoms with Gasteiger partial charge in [0.2, 0.25) is 0 Å². The van der Waals surface area contributed by atoms with E-state index in [1.165, 1.54) is 24.2 Å². The van der Waals surface area contributed by atoms with Gasteiger partial charge in [-0.2, -0.15) is 0 Å². The summed E-state index contributed by atoms with van der Waals surface area (Å²) in [6.07, 6.45) is 6.18. The van der Waals surface area contributed by atoms with Crippen LogP contribution in [0.4, 0.5) is 0 Å². The molecule has 0 N–H and O–H groups in total. The minimum atomic E-state index is -0.611. The van der Waals surface area contributed by atoms with Gasteiger partial charge in [0.1, 0.15) is 16.5 Å². The number of esters is 1. The topological polar surface area (TPSA) is 65.0 Å². The van der Waals surface area contributed by atoms with Gasteiger partial charge in [-0.25, -0.2) is 14.8 Å². The second kappa shape index (κ2) is 5.79. The van der Waals surface area contributed by atoms with E-state index in [9.17, 15) is 4.79 Å². The van der Waals surface area contributed by atoms with Crippen molar-refractivity contribution in [2.24, 2.45) is 0 Å². The molecule has 0 aliphatic rings. The largest absolute Gasteiger partial charge is 0.421 e. The van der Waals surface area contributed by atoms with Crippen LogP contribution in [0.25, 0.3) is 0 Å². The molecule has 0 aliphatic heterocycles. The first-order valence-electron chi connectivity index (χ1n) is 4.89. The van der Waals surface area contributed by atoms with E-state index in [-0.39, 0.29) is 10.7 Å². The molecule has 0 saturated carbocycles. The summed E-state index contributed by atoms with van der Waals surface area (Å²) in [5, 5.41) is 0.571. The number of pyridine rings is 1. The van der Waals surface area contributed by atoms with E-state index in [0.29, 0.717) is 10.9 Å². The van der Waals surface area contributed by atoms with Crippen LogP contribution in [-0.4, -0.2) is 27.2 Å². The lowest BCUT2D eigenvalue weighted by Gasteiger charge is -2.05. The second-order valence-corrected chi connectivity index (χ2v) is 4.27. The molecule has 0 radical (unpaired) electrons. The summed E-state index contributed by atoms with van der Waals surface area (Å²) in [5.41, 5.74) is 0.123. The van der Waals surface area contributed by atoms with Crippen molar-refractivity contribution in [2.45, 2.75) is 5.16 Å². The van der Waals surface area contributed by atoms with Crippen molar-refractivity contribution in [1.29, 1.82) is 0 Å². The summed E-state index contributed by atoms with van der Waals surface area (Å²) >= 11 is 7.23. The smallest absolute Gasteiger partial charge is 0.348 e. The SMILES string of the molecule is CSc1ncc(C(=O)Oc2cccnc2)c(Cl)n1. The average molecular weight is 282 g/mol. The predicted octanol–water partition coefficient (Wildman–Crippen LogP) is 2.47. The van der Waals surface area contributed by atoms with Crippen LogP contribution in [0, 0.1) is 0 Å². The van der Waals surface area contributed by atoms with Crippen LogP contribution in [0.15, 0.2) is 35.9 Å². The molecular formula is C11H8ClN3O2S. The molecule has 0 aliphatic carbocycles. The highest BCUT2D eigenvalue weighted by atomic mass is 35.5. The van der Waals surface area contributed by atoms with E-state index in [4.69, 9.17) is 16.3 Å². The molecule has 0 spiro atoms.